The van der Waals surface area contributed by atoms with E-state index in [1.165, 1.54) is 14.2 Å². The first-order valence-electron chi connectivity index (χ1n) is 5.74. The van der Waals surface area contributed by atoms with Gasteiger partial charge < -0.3 is 14.0 Å². The molecule has 19 heavy (non-hydrogen) atoms. The van der Waals surface area contributed by atoms with Gasteiger partial charge in [0.2, 0.25) is 0 Å². The number of carbonyl (C=O) groups is 2. The van der Waals surface area contributed by atoms with E-state index in [0.717, 1.165) is 5.56 Å². The highest BCUT2D eigenvalue weighted by atomic mass is 16.5. The van der Waals surface area contributed by atoms with Gasteiger partial charge >= 0.3 is 11.9 Å². The van der Waals surface area contributed by atoms with Gasteiger partial charge in [0.25, 0.3) is 0 Å². The number of quaternary nitrogens is 1. The summed E-state index contributed by atoms with van der Waals surface area (Å²) in [7, 11) is 8.56. The maximum atomic E-state index is 11.7. The van der Waals surface area contributed by atoms with Crippen LogP contribution in [-0.2, 0) is 16.0 Å². The largest absolute Gasteiger partial charge is 0.465 e. The quantitative estimate of drug-likeness (QED) is 0.598. The number of carbonyl (C=O) groups excluding carboxylic acids is 2. The Morgan fingerprint density at radius 2 is 1.74 bits per heavy atom. The third-order valence-corrected chi connectivity index (χ3v) is 2.39. The Bertz CT molecular complexity index is 492. The van der Waals surface area contributed by atoms with E-state index in [-0.39, 0.29) is 11.3 Å². The summed E-state index contributed by atoms with van der Waals surface area (Å²) in [5.41, 5.74) is 0.945. The molecule has 0 aliphatic rings. The highest BCUT2D eigenvalue weighted by Gasteiger charge is 2.22. The van der Waals surface area contributed by atoms with Crippen LogP contribution in [-0.4, -0.2) is 56.8 Å². The Morgan fingerprint density at radius 3 is 2.21 bits per heavy atom. The molecule has 0 fully saturated rings. The van der Waals surface area contributed by atoms with Crippen molar-refractivity contribution in [2.24, 2.45) is 0 Å². The average Bonchev–Trinajstić information content (AvgIpc) is 2.35. The minimum Gasteiger partial charge on any atom is -0.465 e. The number of hydrogen-bond acceptors (Lipinski definition) is 5. The Hall–Kier alpha value is -1.95. The summed E-state index contributed by atoms with van der Waals surface area (Å²) in [5.74, 6) is -1.26. The first kappa shape index (κ1) is 15.1. The summed E-state index contributed by atoms with van der Waals surface area (Å²) in [6.45, 7) is 0.679. The zero-order valence-corrected chi connectivity index (χ0v) is 11.9. The molecule has 0 saturated carbocycles. The van der Waals surface area contributed by atoms with Gasteiger partial charge in [0.15, 0.2) is 5.69 Å². The highest BCUT2D eigenvalue weighted by Crippen LogP contribution is 2.14. The summed E-state index contributed by atoms with van der Waals surface area (Å²) >= 11 is 0. The second-order valence-electron chi connectivity index (χ2n) is 5.17. The summed E-state index contributed by atoms with van der Waals surface area (Å²) in [5, 5.41) is 0. The molecule has 1 heterocycles. The van der Waals surface area contributed by atoms with Gasteiger partial charge in [0.1, 0.15) is 6.54 Å². The zero-order valence-electron chi connectivity index (χ0n) is 11.9. The third kappa shape index (κ3) is 4.03. The van der Waals surface area contributed by atoms with Crippen LogP contribution in [0.2, 0.25) is 0 Å². The Balaban J connectivity index is 3.23. The standard InChI is InChI=1S/C13H19N2O4/c1-15(2,3)8-9-6-10(12(16)18-4)11(14-7-9)13(17)19-5/h6-7H,8H2,1-5H3/q+1. The van der Waals surface area contributed by atoms with Gasteiger partial charge in [0, 0.05) is 11.8 Å². The van der Waals surface area contributed by atoms with Crippen LogP contribution in [0, 0.1) is 0 Å². The topological polar surface area (TPSA) is 65.5 Å². The van der Waals surface area contributed by atoms with Crippen molar-refractivity contribution in [3.8, 4) is 0 Å². The molecule has 0 aliphatic heterocycles. The molecule has 0 bridgehead atoms. The Morgan fingerprint density at radius 1 is 1.16 bits per heavy atom. The average molecular weight is 267 g/mol. The lowest BCUT2D eigenvalue weighted by atomic mass is 10.1. The van der Waals surface area contributed by atoms with E-state index in [4.69, 9.17) is 0 Å². The van der Waals surface area contributed by atoms with Crippen LogP contribution in [0.25, 0.3) is 0 Å². The molecule has 0 atom stereocenters. The monoisotopic (exact) mass is 267 g/mol. The lowest BCUT2D eigenvalue weighted by molar-refractivity contribution is -0.884. The number of pyridine rings is 1. The normalized spacial score (nSPS) is 11.0. The van der Waals surface area contributed by atoms with Gasteiger partial charge in [-0.15, -0.1) is 0 Å². The molecule has 6 nitrogen and oxygen atoms in total. The van der Waals surface area contributed by atoms with Crippen molar-refractivity contribution in [3.63, 3.8) is 0 Å². The lowest BCUT2D eigenvalue weighted by Gasteiger charge is -2.24. The minimum absolute atomic E-state index is 0.0282. The van der Waals surface area contributed by atoms with E-state index in [1.807, 2.05) is 21.1 Å². The summed E-state index contributed by atoms with van der Waals surface area (Å²) in [4.78, 5) is 27.3. The van der Waals surface area contributed by atoms with Crippen molar-refractivity contribution in [1.29, 1.82) is 0 Å². The predicted molar refractivity (Wildman–Crippen MR) is 68.7 cm³/mol. The van der Waals surface area contributed by atoms with E-state index in [2.05, 4.69) is 14.5 Å². The van der Waals surface area contributed by atoms with Crippen LogP contribution in [0.15, 0.2) is 12.3 Å². The molecule has 0 amide bonds. The molecule has 1 aromatic rings. The highest BCUT2D eigenvalue weighted by molar-refractivity contribution is 6.01. The number of rotatable bonds is 4. The van der Waals surface area contributed by atoms with E-state index in [0.29, 0.717) is 11.0 Å². The molecular formula is C13H19N2O4+. The number of nitrogens with zero attached hydrogens (tertiary/aromatic N) is 2. The fourth-order valence-electron chi connectivity index (χ4n) is 1.67. The van der Waals surface area contributed by atoms with Gasteiger partial charge in [-0.25, -0.2) is 14.6 Å². The second-order valence-corrected chi connectivity index (χ2v) is 5.17. The van der Waals surface area contributed by atoms with Crippen LogP contribution in [0.1, 0.15) is 26.4 Å². The van der Waals surface area contributed by atoms with E-state index >= 15 is 0 Å². The molecule has 0 saturated heterocycles. The first-order chi connectivity index (χ1) is 8.78. The number of esters is 2. The molecule has 0 aliphatic carbocycles. The predicted octanol–water partition coefficient (Wildman–Crippen LogP) is 0.861. The van der Waals surface area contributed by atoms with Gasteiger partial charge in [-0.3, -0.25) is 0 Å². The SMILES string of the molecule is COC(=O)c1cc(C[N+](C)(C)C)cnc1C(=O)OC. The van der Waals surface area contributed by atoms with Crippen molar-refractivity contribution in [2.45, 2.75) is 6.54 Å². The van der Waals surface area contributed by atoms with Crippen molar-refractivity contribution in [2.75, 3.05) is 35.4 Å². The Kier molecular flexibility index (Phi) is 4.61. The molecule has 1 rings (SSSR count). The van der Waals surface area contributed by atoms with Crippen molar-refractivity contribution in [3.05, 3.63) is 29.1 Å². The summed E-state index contributed by atoms with van der Waals surface area (Å²) in [6.07, 6.45) is 1.57. The first-order valence-corrected chi connectivity index (χ1v) is 5.74. The fourth-order valence-corrected chi connectivity index (χ4v) is 1.67. The fraction of sp³-hybridized carbons (Fsp3) is 0.462. The summed E-state index contributed by atoms with van der Waals surface area (Å²) < 4.78 is 9.94. The number of ether oxygens (including phenoxy) is 2. The molecule has 6 heteroatoms. The minimum atomic E-state index is -0.655. The molecule has 1 aromatic heterocycles. The van der Waals surface area contributed by atoms with Gasteiger partial charge in [0.05, 0.1) is 40.9 Å². The van der Waals surface area contributed by atoms with Gasteiger partial charge in [-0.2, -0.15) is 0 Å². The molecule has 0 radical (unpaired) electrons. The van der Waals surface area contributed by atoms with Crippen molar-refractivity contribution >= 4 is 11.9 Å². The van der Waals surface area contributed by atoms with Gasteiger partial charge in [-0.05, 0) is 6.07 Å². The van der Waals surface area contributed by atoms with Crippen molar-refractivity contribution < 1.29 is 23.5 Å². The molecule has 0 N–H and O–H groups in total. The van der Waals surface area contributed by atoms with Crippen LogP contribution >= 0.6 is 0 Å². The second kappa shape index (κ2) is 5.79. The smallest absolute Gasteiger partial charge is 0.357 e. The molecular weight excluding hydrogens is 248 g/mol. The number of aromatic nitrogens is 1. The third-order valence-electron chi connectivity index (χ3n) is 2.39. The maximum absolute atomic E-state index is 11.7. The van der Waals surface area contributed by atoms with Crippen LogP contribution in [0.5, 0.6) is 0 Å². The van der Waals surface area contributed by atoms with Crippen LogP contribution in [0.3, 0.4) is 0 Å². The Labute approximate surface area is 112 Å². The van der Waals surface area contributed by atoms with E-state index in [1.54, 1.807) is 12.3 Å². The lowest BCUT2D eigenvalue weighted by Crippen LogP contribution is -2.33. The molecule has 0 spiro atoms. The molecule has 0 unspecified atom stereocenters. The summed E-state index contributed by atoms with van der Waals surface area (Å²) in [6, 6.07) is 1.62. The van der Waals surface area contributed by atoms with E-state index < -0.39 is 11.9 Å². The maximum Gasteiger partial charge on any atom is 0.357 e. The van der Waals surface area contributed by atoms with Crippen molar-refractivity contribution in [1.82, 2.24) is 4.98 Å². The number of hydrogen-bond donors (Lipinski definition) is 0. The molecule has 0 aromatic carbocycles. The van der Waals surface area contributed by atoms with Crippen LogP contribution < -0.4 is 0 Å². The van der Waals surface area contributed by atoms with Gasteiger partial charge in [-0.1, -0.05) is 0 Å². The van der Waals surface area contributed by atoms with Crippen LogP contribution in [0.4, 0.5) is 0 Å². The number of methoxy groups -OCH3 is 2. The zero-order chi connectivity index (χ0) is 14.6. The molecule has 104 valence electrons. The van der Waals surface area contributed by atoms with E-state index in [9.17, 15) is 9.59 Å².